The van der Waals surface area contributed by atoms with E-state index in [-0.39, 0.29) is 12.0 Å². The molecule has 30 heavy (non-hydrogen) atoms. The van der Waals surface area contributed by atoms with Gasteiger partial charge in [-0.15, -0.1) is 0 Å². The van der Waals surface area contributed by atoms with Crippen LogP contribution < -0.4 is 14.8 Å². The van der Waals surface area contributed by atoms with E-state index in [4.69, 9.17) is 14.2 Å². The second-order valence-electron chi connectivity index (χ2n) is 7.14. The average molecular weight is 407 g/mol. The molecule has 2 N–H and O–H groups in total. The Hall–Kier alpha value is -3.32. The first-order valence-corrected chi connectivity index (χ1v) is 10.0. The van der Waals surface area contributed by atoms with Crippen LogP contribution in [0.2, 0.25) is 0 Å². The number of carbonyl (C=O) groups is 1. The summed E-state index contributed by atoms with van der Waals surface area (Å²) in [7, 11) is 1.61. The van der Waals surface area contributed by atoms with Gasteiger partial charge in [0.05, 0.1) is 30.7 Å². The lowest BCUT2D eigenvalue weighted by molar-refractivity contribution is 0.0669. The smallest absolute Gasteiger partial charge is 0.255 e. The van der Waals surface area contributed by atoms with Crippen LogP contribution in [0.3, 0.4) is 0 Å². The molecule has 0 radical (unpaired) electrons. The van der Waals surface area contributed by atoms with E-state index >= 15 is 0 Å². The maximum Gasteiger partial charge on any atom is 0.255 e. The van der Waals surface area contributed by atoms with Crippen LogP contribution in [-0.4, -0.2) is 42.5 Å². The minimum Gasteiger partial charge on any atom is -0.493 e. The van der Waals surface area contributed by atoms with E-state index in [9.17, 15) is 4.79 Å². The predicted octanol–water partition coefficient (Wildman–Crippen LogP) is 3.57. The molecule has 0 spiro atoms. The van der Waals surface area contributed by atoms with Crippen LogP contribution in [0.4, 0.5) is 0 Å². The molecule has 1 atom stereocenters. The molecule has 3 aromatic rings. The van der Waals surface area contributed by atoms with Gasteiger partial charge in [-0.3, -0.25) is 9.89 Å². The molecule has 1 amide bonds. The van der Waals surface area contributed by atoms with Crippen LogP contribution in [0.25, 0.3) is 11.3 Å². The zero-order chi connectivity index (χ0) is 20.8. The van der Waals surface area contributed by atoms with Gasteiger partial charge in [-0.05, 0) is 30.5 Å². The number of hydrogen-bond donors (Lipinski definition) is 2. The van der Waals surface area contributed by atoms with E-state index in [1.165, 1.54) is 0 Å². The summed E-state index contributed by atoms with van der Waals surface area (Å²) in [6.45, 7) is 1.67. The number of rotatable bonds is 8. The molecule has 1 aliphatic heterocycles. The van der Waals surface area contributed by atoms with E-state index in [0.717, 1.165) is 30.6 Å². The Balaban J connectivity index is 1.39. The van der Waals surface area contributed by atoms with Crippen molar-refractivity contribution in [2.75, 3.05) is 20.3 Å². The van der Waals surface area contributed by atoms with Gasteiger partial charge in [0.25, 0.3) is 5.91 Å². The normalized spacial score (nSPS) is 15.7. The summed E-state index contributed by atoms with van der Waals surface area (Å²) >= 11 is 0. The van der Waals surface area contributed by atoms with Crippen LogP contribution in [0, 0.1) is 0 Å². The average Bonchev–Trinajstić information content (AvgIpc) is 3.49. The third-order valence-corrected chi connectivity index (χ3v) is 5.08. The van der Waals surface area contributed by atoms with Gasteiger partial charge in [0.1, 0.15) is 6.61 Å². The maximum absolute atomic E-state index is 12.7. The summed E-state index contributed by atoms with van der Waals surface area (Å²) in [6, 6.07) is 15.3. The van der Waals surface area contributed by atoms with E-state index in [1.54, 1.807) is 13.3 Å². The Kier molecular flexibility index (Phi) is 6.29. The molecule has 0 saturated carbocycles. The van der Waals surface area contributed by atoms with Crippen LogP contribution in [0.1, 0.15) is 28.8 Å². The zero-order valence-electron chi connectivity index (χ0n) is 16.9. The molecular weight excluding hydrogens is 382 g/mol. The van der Waals surface area contributed by atoms with Crippen LogP contribution in [0.15, 0.2) is 54.7 Å². The van der Waals surface area contributed by atoms with Crippen LogP contribution in [-0.2, 0) is 11.3 Å². The number of aromatic nitrogens is 2. The first-order valence-electron chi connectivity index (χ1n) is 10.0. The highest BCUT2D eigenvalue weighted by Gasteiger charge is 2.18. The Morgan fingerprint density at radius 1 is 1.23 bits per heavy atom. The third-order valence-electron chi connectivity index (χ3n) is 5.08. The van der Waals surface area contributed by atoms with E-state index < -0.39 is 0 Å². The first-order chi connectivity index (χ1) is 14.7. The first kappa shape index (κ1) is 20.0. The number of H-pyrrole nitrogens is 1. The summed E-state index contributed by atoms with van der Waals surface area (Å²) in [5.41, 5.74) is 3.03. The number of benzene rings is 2. The van der Waals surface area contributed by atoms with Crippen molar-refractivity contribution in [3.63, 3.8) is 0 Å². The Labute approximate surface area is 175 Å². The van der Waals surface area contributed by atoms with Crippen molar-refractivity contribution in [1.29, 1.82) is 0 Å². The van der Waals surface area contributed by atoms with Gasteiger partial charge in [-0.1, -0.05) is 36.4 Å². The van der Waals surface area contributed by atoms with Gasteiger partial charge in [0.15, 0.2) is 11.5 Å². The molecule has 7 nitrogen and oxygen atoms in total. The molecule has 4 rings (SSSR count). The minimum atomic E-state index is -0.194. The zero-order valence-corrected chi connectivity index (χ0v) is 16.9. The molecular formula is C23H25N3O4. The summed E-state index contributed by atoms with van der Waals surface area (Å²) in [5.74, 6) is 1.11. The standard InChI is InChI=1S/C23H25N3O4/c1-28-21-12-16(9-10-20(21)30-15-18-8-5-11-29-18)13-24-23(27)19-14-25-26-22(19)17-6-3-2-4-7-17/h2-4,6-7,9-10,12,14,18H,5,8,11,13,15H2,1H3,(H,24,27)(H,25,26). The quantitative estimate of drug-likeness (QED) is 0.596. The predicted molar refractivity (Wildman–Crippen MR) is 113 cm³/mol. The number of carbonyl (C=O) groups excluding carboxylic acids is 1. The molecule has 1 fully saturated rings. The molecule has 1 aliphatic rings. The number of amides is 1. The van der Waals surface area contributed by atoms with Crippen LogP contribution >= 0.6 is 0 Å². The van der Waals surface area contributed by atoms with Gasteiger partial charge in [-0.2, -0.15) is 5.10 Å². The third kappa shape index (κ3) is 4.63. The fraction of sp³-hybridized carbons (Fsp3) is 0.304. The number of nitrogens with zero attached hydrogens (tertiary/aromatic N) is 1. The molecule has 156 valence electrons. The van der Waals surface area contributed by atoms with Gasteiger partial charge >= 0.3 is 0 Å². The van der Waals surface area contributed by atoms with Gasteiger partial charge < -0.3 is 19.5 Å². The number of hydrogen-bond acceptors (Lipinski definition) is 5. The second-order valence-corrected chi connectivity index (χ2v) is 7.14. The van der Waals surface area contributed by atoms with E-state index in [2.05, 4.69) is 15.5 Å². The highest BCUT2D eigenvalue weighted by molar-refractivity contribution is 5.99. The van der Waals surface area contributed by atoms with Gasteiger partial charge in [0, 0.05) is 18.7 Å². The van der Waals surface area contributed by atoms with Crippen molar-refractivity contribution in [1.82, 2.24) is 15.5 Å². The van der Waals surface area contributed by atoms with Crippen LogP contribution in [0.5, 0.6) is 11.5 Å². The lowest BCUT2D eigenvalue weighted by Gasteiger charge is -2.15. The number of aromatic amines is 1. The maximum atomic E-state index is 12.7. The van der Waals surface area contributed by atoms with Crippen molar-refractivity contribution in [2.24, 2.45) is 0 Å². The van der Waals surface area contributed by atoms with E-state index in [0.29, 0.717) is 35.9 Å². The molecule has 1 aromatic heterocycles. The van der Waals surface area contributed by atoms with Gasteiger partial charge in [-0.25, -0.2) is 0 Å². The largest absolute Gasteiger partial charge is 0.493 e. The van der Waals surface area contributed by atoms with Crippen molar-refractivity contribution in [3.05, 3.63) is 65.9 Å². The van der Waals surface area contributed by atoms with E-state index in [1.807, 2.05) is 48.5 Å². The summed E-state index contributed by atoms with van der Waals surface area (Å²) in [4.78, 5) is 12.7. The van der Waals surface area contributed by atoms with Crippen molar-refractivity contribution in [3.8, 4) is 22.8 Å². The fourth-order valence-corrected chi connectivity index (χ4v) is 3.46. The highest BCUT2D eigenvalue weighted by Crippen LogP contribution is 2.29. The highest BCUT2D eigenvalue weighted by atomic mass is 16.5. The topological polar surface area (TPSA) is 85.5 Å². The SMILES string of the molecule is COc1cc(CNC(=O)c2cn[nH]c2-c2ccccc2)ccc1OCC1CCCO1. The molecule has 2 heterocycles. The van der Waals surface area contributed by atoms with Crippen molar-refractivity contribution < 1.29 is 19.0 Å². The fourth-order valence-electron chi connectivity index (χ4n) is 3.46. The molecule has 1 unspecified atom stereocenters. The number of ether oxygens (including phenoxy) is 3. The van der Waals surface area contributed by atoms with Crippen molar-refractivity contribution >= 4 is 5.91 Å². The molecule has 7 heteroatoms. The molecule has 0 aliphatic carbocycles. The summed E-state index contributed by atoms with van der Waals surface area (Å²) in [6.07, 6.45) is 3.78. The second kappa shape index (κ2) is 9.45. The number of methoxy groups -OCH3 is 1. The lowest BCUT2D eigenvalue weighted by atomic mass is 10.1. The summed E-state index contributed by atoms with van der Waals surface area (Å²) < 4.78 is 16.9. The molecule has 2 aromatic carbocycles. The Bertz CT molecular complexity index is 981. The van der Waals surface area contributed by atoms with Gasteiger partial charge in [0.2, 0.25) is 0 Å². The molecule has 0 bridgehead atoms. The monoisotopic (exact) mass is 407 g/mol. The Morgan fingerprint density at radius 3 is 2.87 bits per heavy atom. The number of nitrogens with one attached hydrogen (secondary N) is 2. The molecule has 1 saturated heterocycles. The minimum absolute atomic E-state index is 0.141. The lowest BCUT2D eigenvalue weighted by Crippen LogP contribution is -2.23. The van der Waals surface area contributed by atoms with Crippen molar-refractivity contribution in [2.45, 2.75) is 25.5 Å². The Morgan fingerprint density at radius 2 is 2.10 bits per heavy atom. The summed E-state index contributed by atoms with van der Waals surface area (Å²) in [5, 5.41) is 9.88.